The van der Waals surface area contributed by atoms with Gasteiger partial charge in [-0.15, -0.1) is 0 Å². The Labute approximate surface area is 389 Å². The molecule has 4 amide bonds. The minimum atomic E-state index is -4.95. The number of carbonyl (C=O) groups is 4. The minimum absolute atomic E-state index is 0.0592. The summed E-state index contributed by atoms with van der Waals surface area (Å²) in [4.78, 5) is 64.9. The number of aryl methyl sites for hydroxylation is 1. The van der Waals surface area contributed by atoms with Crippen LogP contribution >= 0.6 is 0 Å². The van der Waals surface area contributed by atoms with Crippen LogP contribution in [0.3, 0.4) is 0 Å². The number of nitrogens with zero attached hydrogens (tertiary/aromatic N) is 3. The lowest BCUT2D eigenvalue weighted by molar-refractivity contribution is -0.145. The molecule has 67 heavy (non-hydrogen) atoms. The number of carbonyl (C=O) groups excluding carboxylic acids is 4. The fraction of sp³-hybridized carbons (Fsp3) is 0.681. The van der Waals surface area contributed by atoms with Gasteiger partial charge in [0.05, 0.1) is 36.6 Å². The summed E-state index contributed by atoms with van der Waals surface area (Å²) in [6, 6.07) is 2.14. The third-order valence-corrected chi connectivity index (χ3v) is 16.4. The summed E-state index contributed by atoms with van der Waals surface area (Å²) in [5.41, 5.74) is -5.06. The highest BCUT2D eigenvalue weighted by molar-refractivity contribution is 7.91. The van der Waals surface area contributed by atoms with E-state index in [4.69, 9.17) is 18.9 Å². The van der Waals surface area contributed by atoms with Crippen LogP contribution in [0.25, 0.3) is 10.9 Å². The van der Waals surface area contributed by atoms with Gasteiger partial charge in [-0.2, -0.15) is 13.2 Å². The number of nitrogens with one attached hydrogen (secondary N) is 3. The van der Waals surface area contributed by atoms with Gasteiger partial charge in [0.25, 0.3) is 5.91 Å². The number of benzene rings is 1. The molecule has 0 bridgehead atoms. The van der Waals surface area contributed by atoms with Crippen LogP contribution in [0, 0.1) is 5.92 Å². The maximum Gasteiger partial charge on any atom is 0.437 e. The van der Waals surface area contributed by atoms with Crippen LogP contribution in [0.4, 0.5) is 18.0 Å². The lowest BCUT2D eigenvalue weighted by Crippen LogP contribution is -2.70. The van der Waals surface area contributed by atoms with E-state index in [0.29, 0.717) is 75.9 Å². The molecule has 8 rings (SSSR count). The number of hydrogen-bond acceptors (Lipinski definition) is 12. The Balaban J connectivity index is 1.13. The first-order valence-corrected chi connectivity index (χ1v) is 25.1. The van der Waals surface area contributed by atoms with Gasteiger partial charge in [-0.05, 0) is 110 Å². The number of rotatable bonds is 9. The third kappa shape index (κ3) is 10.5. The van der Waals surface area contributed by atoms with Gasteiger partial charge in [-0.25, -0.2) is 18.2 Å². The Morgan fingerprint density at radius 1 is 1.03 bits per heavy atom. The first-order valence-electron chi connectivity index (χ1n) is 23.6. The standard InChI is InChI=1S/C47H63F3N6O10S/c1-43(2,3)66-42(60)52-35-12-9-7-5-6-8-11-30-15-18-46(30,41(59)54-67(61,62)44(4)19-20-44)53-39(57)36-28-45(29-56(36)40(35)58)17-16-32-33-27-31(64-24-10-21-55-22-25-63-26-23-55)13-14-34(33)51-38(37(32)65-45)47(48,49)50/h8,11,13-14,27,30,35-36H,5-7,9-10,12,15-26,28-29H2,1-4H3,(H,52,60)(H,53,57)(H,54,59). The minimum Gasteiger partial charge on any atom is -0.494 e. The molecule has 4 aliphatic heterocycles. The van der Waals surface area contributed by atoms with Crippen LogP contribution in [0.1, 0.15) is 116 Å². The molecule has 4 fully saturated rings. The van der Waals surface area contributed by atoms with Gasteiger partial charge in [0.15, 0.2) is 11.4 Å². The molecule has 0 radical (unpaired) electrons. The topological polar surface area (TPSA) is 195 Å². The molecular formula is C47H63F3N6O10S. The zero-order chi connectivity index (χ0) is 48.0. The van der Waals surface area contributed by atoms with E-state index in [1.807, 2.05) is 12.2 Å². The van der Waals surface area contributed by atoms with Crippen molar-refractivity contribution in [1.82, 2.24) is 30.1 Å². The number of sulfonamides is 1. The monoisotopic (exact) mass is 960 g/mol. The summed E-state index contributed by atoms with van der Waals surface area (Å²) in [6.45, 7) is 10.4. The van der Waals surface area contributed by atoms with E-state index in [-0.39, 0.29) is 49.7 Å². The Hall–Kier alpha value is -4.69. The average molecular weight is 961 g/mol. The van der Waals surface area contributed by atoms with Gasteiger partial charge in [-0.1, -0.05) is 25.0 Å². The molecule has 2 saturated carbocycles. The van der Waals surface area contributed by atoms with E-state index in [2.05, 4.69) is 25.2 Å². The molecule has 5 heterocycles. The van der Waals surface area contributed by atoms with Gasteiger partial charge in [-0.3, -0.25) is 24.0 Å². The van der Waals surface area contributed by atoms with E-state index in [1.54, 1.807) is 39.8 Å². The zero-order valence-corrected chi connectivity index (χ0v) is 39.5. The number of halogens is 3. The maximum absolute atomic E-state index is 15.1. The summed E-state index contributed by atoms with van der Waals surface area (Å²) in [5.74, 6) is -3.02. The molecular weight excluding hydrogens is 898 g/mol. The Kier molecular flexibility index (Phi) is 13.6. The van der Waals surface area contributed by atoms with Gasteiger partial charge in [0.1, 0.15) is 34.6 Å². The SMILES string of the molecule is CC(C)(C)OC(=O)NC1CCCCCC=CC2CCC2(C(=O)NS(=O)(=O)C2(C)CC2)NC(=O)C2CC3(CCc4c(c(C(F)(F)F)nc5ccc(OCCCN6CCOCC6)cc45)O3)CN2C1=O. The van der Waals surface area contributed by atoms with Crippen LogP contribution in [-0.4, -0.2) is 127 Å². The summed E-state index contributed by atoms with van der Waals surface area (Å²) in [7, 11) is -4.12. The number of alkyl halides is 3. The second-order valence-electron chi connectivity index (χ2n) is 20.3. The van der Waals surface area contributed by atoms with E-state index < -0.39 is 90.9 Å². The highest BCUT2D eigenvalue weighted by Crippen LogP contribution is 2.50. The van der Waals surface area contributed by atoms with Crippen molar-refractivity contribution in [2.75, 3.05) is 46.0 Å². The molecule has 1 aromatic carbocycles. The number of morpholine rings is 1. The Bertz CT molecular complexity index is 2380. The van der Waals surface area contributed by atoms with E-state index in [1.165, 1.54) is 11.0 Å². The van der Waals surface area contributed by atoms with Crippen molar-refractivity contribution in [2.45, 2.75) is 151 Å². The molecule has 3 N–H and O–H groups in total. The molecule has 5 unspecified atom stereocenters. The number of alkyl carbamates (subject to hydrolysis) is 1. The molecule has 1 spiro atoms. The Morgan fingerprint density at radius 3 is 2.48 bits per heavy atom. The number of ether oxygens (including phenoxy) is 4. The smallest absolute Gasteiger partial charge is 0.437 e. The molecule has 2 saturated heterocycles. The number of hydrogen-bond donors (Lipinski definition) is 3. The van der Waals surface area contributed by atoms with Crippen LogP contribution in [0.2, 0.25) is 0 Å². The van der Waals surface area contributed by atoms with Crippen LogP contribution < -0.4 is 24.8 Å². The molecule has 20 heteroatoms. The van der Waals surface area contributed by atoms with E-state index in [9.17, 15) is 27.6 Å². The first-order chi connectivity index (χ1) is 31.6. The zero-order valence-electron chi connectivity index (χ0n) is 38.7. The van der Waals surface area contributed by atoms with Gasteiger partial charge in [0, 0.05) is 42.9 Å². The molecule has 368 valence electrons. The molecule has 5 atom stereocenters. The Morgan fingerprint density at radius 2 is 1.79 bits per heavy atom. The highest BCUT2D eigenvalue weighted by atomic mass is 32.2. The number of aromatic nitrogens is 1. The van der Waals surface area contributed by atoms with E-state index >= 15 is 13.2 Å². The predicted octanol–water partition coefficient (Wildman–Crippen LogP) is 5.70. The number of fused-ring (bicyclic) bond motifs is 5. The predicted molar refractivity (Wildman–Crippen MR) is 240 cm³/mol. The largest absolute Gasteiger partial charge is 0.494 e. The van der Waals surface area contributed by atoms with Crippen molar-refractivity contribution in [2.24, 2.45) is 5.92 Å². The van der Waals surface area contributed by atoms with Crippen LogP contribution in [-0.2, 0) is 46.5 Å². The van der Waals surface area contributed by atoms with Gasteiger partial charge >= 0.3 is 12.3 Å². The summed E-state index contributed by atoms with van der Waals surface area (Å²) in [6.07, 6.45) is 2.43. The van der Waals surface area contributed by atoms with Crippen molar-refractivity contribution in [3.05, 3.63) is 41.6 Å². The first kappa shape index (κ1) is 48.8. The van der Waals surface area contributed by atoms with Crippen molar-refractivity contribution >= 4 is 44.7 Å². The van der Waals surface area contributed by atoms with Crippen molar-refractivity contribution < 1.29 is 59.7 Å². The summed E-state index contributed by atoms with van der Waals surface area (Å²) >= 11 is 0. The summed E-state index contributed by atoms with van der Waals surface area (Å²) < 4.78 is 96.6. The second-order valence-corrected chi connectivity index (χ2v) is 22.5. The number of allylic oxidation sites excluding steroid dienone is 1. The number of amides is 4. The van der Waals surface area contributed by atoms with Crippen molar-refractivity contribution in [1.29, 1.82) is 0 Å². The lowest BCUT2D eigenvalue weighted by Gasteiger charge is -2.48. The normalized spacial score (nSPS) is 28.1. The molecule has 2 aromatic rings. The van der Waals surface area contributed by atoms with Gasteiger partial charge < -0.3 is 34.5 Å². The van der Waals surface area contributed by atoms with Crippen LogP contribution in [0.5, 0.6) is 11.5 Å². The fourth-order valence-corrected chi connectivity index (χ4v) is 11.2. The fourth-order valence-electron chi connectivity index (χ4n) is 9.92. The quantitative estimate of drug-likeness (QED) is 0.206. The number of pyridine rings is 1. The molecule has 16 nitrogen and oxygen atoms in total. The van der Waals surface area contributed by atoms with Crippen molar-refractivity contribution in [3.63, 3.8) is 0 Å². The van der Waals surface area contributed by atoms with E-state index in [0.717, 1.165) is 26.1 Å². The highest BCUT2D eigenvalue weighted by Gasteiger charge is 2.60. The third-order valence-electron chi connectivity index (χ3n) is 14.2. The van der Waals surface area contributed by atoms with Crippen LogP contribution in [0.15, 0.2) is 30.4 Å². The second kappa shape index (κ2) is 18.7. The summed E-state index contributed by atoms with van der Waals surface area (Å²) in [5, 5.41) is 5.98. The van der Waals surface area contributed by atoms with Gasteiger partial charge in [0.2, 0.25) is 21.8 Å². The van der Waals surface area contributed by atoms with Crippen molar-refractivity contribution in [3.8, 4) is 11.5 Å². The maximum atomic E-state index is 15.1. The molecule has 6 aliphatic rings. The molecule has 1 aromatic heterocycles. The molecule has 2 aliphatic carbocycles. The average Bonchev–Trinajstić information content (AvgIpc) is 3.92. The lowest BCUT2D eigenvalue weighted by atomic mass is 9.65.